The number of carbonyl (C=O) groups excluding carboxylic acids is 1. The lowest BCUT2D eigenvalue weighted by Crippen LogP contribution is -2.40. The van der Waals surface area contributed by atoms with Gasteiger partial charge in [0.2, 0.25) is 11.9 Å². The zero-order valence-electron chi connectivity index (χ0n) is 16.4. The van der Waals surface area contributed by atoms with E-state index < -0.39 is 0 Å². The molecule has 1 aliphatic heterocycles. The highest BCUT2D eigenvalue weighted by molar-refractivity contribution is 5.81. The van der Waals surface area contributed by atoms with Gasteiger partial charge in [0.05, 0.1) is 17.8 Å². The number of anilines is 3. The molecule has 1 atom stereocenters. The Kier molecular flexibility index (Phi) is 7.36. The quantitative estimate of drug-likeness (QED) is 0.424. The summed E-state index contributed by atoms with van der Waals surface area (Å²) >= 11 is 0. The number of carbonyl (C=O) groups is 1. The average molecular weight is 396 g/mol. The van der Waals surface area contributed by atoms with Crippen molar-refractivity contribution in [1.82, 2.24) is 20.6 Å². The Labute approximate surface area is 169 Å². The predicted molar refractivity (Wildman–Crippen MR) is 111 cm³/mol. The fourth-order valence-corrected chi connectivity index (χ4v) is 2.96. The van der Waals surface area contributed by atoms with Gasteiger partial charge in [0.15, 0.2) is 0 Å². The molecule has 4 N–H and O–H groups in total. The van der Waals surface area contributed by atoms with Crippen LogP contribution in [0.25, 0.3) is 0 Å². The summed E-state index contributed by atoms with van der Waals surface area (Å²) in [7, 11) is 1.77. The molecule has 0 radical (unpaired) electrons. The van der Waals surface area contributed by atoms with Crippen molar-refractivity contribution in [2.24, 2.45) is 0 Å². The Morgan fingerprint density at radius 3 is 2.90 bits per heavy atom. The summed E-state index contributed by atoms with van der Waals surface area (Å²) in [5.41, 5.74) is 1.39. The molecule has 7 nitrogen and oxygen atoms in total. The van der Waals surface area contributed by atoms with Gasteiger partial charge in [-0.3, -0.25) is 4.79 Å². The number of amides is 1. The fraction of sp³-hybridized carbons (Fsp3) is 0.381. The summed E-state index contributed by atoms with van der Waals surface area (Å²) in [5.74, 6) is 6.95. The van der Waals surface area contributed by atoms with Crippen LogP contribution in [0, 0.1) is 17.7 Å². The van der Waals surface area contributed by atoms with Crippen LogP contribution in [0.4, 0.5) is 21.8 Å². The number of rotatable bonds is 7. The minimum absolute atomic E-state index is 0.0431. The molecule has 0 unspecified atom stereocenters. The molecule has 1 saturated heterocycles. The van der Waals surface area contributed by atoms with Crippen molar-refractivity contribution in [2.45, 2.75) is 31.7 Å². The second kappa shape index (κ2) is 10.4. The van der Waals surface area contributed by atoms with Gasteiger partial charge in [-0.15, -0.1) is 0 Å². The molecule has 1 aromatic heterocycles. The van der Waals surface area contributed by atoms with E-state index in [0.29, 0.717) is 36.0 Å². The zero-order valence-corrected chi connectivity index (χ0v) is 16.4. The van der Waals surface area contributed by atoms with Gasteiger partial charge in [-0.05, 0) is 50.1 Å². The lowest BCUT2D eigenvalue weighted by molar-refractivity contribution is -0.122. The molecule has 0 saturated carbocycles. The molecule has 1 aliphatic rings. The maximum Gasteiger partial charge on any atom is 0.237 e. The molecule has 8 heteroatoms. The Morgan fingerprint density at radius 2 is 2.17 bits per heavy atom. The summed E-state index contributed by atoms with van der Waals surface area (Å²) in [6.45, 7) is 1.53. The van der Waals surface area contributed by atoms with Crippen LogP contribution in [0.3, 0.4) is 0 Å². The van der Waals surface area contributed by atoms with Crippen LogP contribution in [0.15, 0.2) is 30.5 Å². The molecule has 152 valence electrons. The maximum absolute atomic E-state index is 13.0. The normalized spacial score (nSPS) is 15.3. The second-order valence-electron chi connectivity index (χ2n) is 6.68. The summed E-state index contributed by atoms with van der Waals surface area (Å²) in [5, 5.41) is 12.2. The predicted octanol–water partition coefficient (Wildman–Crippen LogP) is 2.40. The molecule has 3 rings (SSSR count). The average Bonchev–Trinajstić information content (AvgIpc) is 3.28. The number of benzene rings is 1. The Bertz CT molecular complexity index is 884. The van der Waals surface area contributed by atoms with Gasteiger partial charge >= 0.3 is 0 Å². The maximum atomic E-state index is 13.0. The van der Waals surface area contributed by atoms with Gasteiger partial charge in [0, 0.05) is 25.7 Å². The van der Waals surface area contributed by atoms with Crippen molar-refractivity contribution in [1.29, 1.82) is 0 Å². The number of nitrogens with one attached hydrogen (secondary N) is 4. The van der Waals surface area contributed by atoms with Crippen LogP contribution in [0.1, 0.15) is 31.2 Å². The monoisotopic (exact) mass is 396 g/mol. The molecule has 2 heterocycles. The SMILES string of the molecule is CNc1nc(Nc2ccc(F)cc2)ncc1C#CCCCNC(=O)[C@@H]1CCCN1. The highest BCUT2D eigenvalue weighted by Gasteiger charge is 2.20. The molecule has 0 spiro atoms. The van der Waals surface area contributed by atoms with Crippen molar-refractivity contribution in [3.05, 3.63) is 41.8 Å². The third kappa shape index (κ3) is 6.16. The number of nitrogens with zero attached hydrogens (tertiary/aromatic N) is 2. The van der Waals surface area contributed by atoms with Crippen LogP contribution >= 0.6 is 0 Å². The van der Waals surface area contributed by atoms with Crippen molar-refractivity contribution >= 4 is 23.4 Å². The summed E-state index contributed by atoms with van der Waals surface area (Å²) in [6, 6.07) is 5.93. The van der Waals surface area contributed by atoms with E-state index in [4.69, 9.17) is 0 Å². The fourth-order valence-electron chi connectivity index (χ4n) is 2.96. The third-order valence-electron chi connectivity index (χ3n) is 4.50. The number of halogens is 1. The number of hydrogen-bond donors (Lipinski definition) is 4. The molecule has 0 aliphatic carbocycles. The molecule has 29 heavy (non-hydrogen) atoms. The second-order valence-corrected chi connectivity index (χ2v) is 6.68. The molecule has 2 aromatic rings. The van der Waals surface area contributed by atoms with Crippen molar-refractivity contribution in [2.75, 3.05) is 30.8 Å². The molecule has 1 aromatic carbocycles. The smallest absolute Gasteiger partial charge is 0.237 e. The first kappa shape index (κ1) is 20.6. The first-order valence-corrected chi connectivity index (χ1v) is 9.73. The third-order valence-corrected chi connectivity index (χ3v) is 4.50. The van der Waals surface area contributed by atoms with E-state index in [2.05, 4.69) is 43.1 Å². The van der Waals surface area contributed by atoms with Crippen LogP contribution < -0.4 is 21.3 Å². The van der Waals surface area contributed by atoms with E-state index in [1.54, 1.807) is 25.4 Å². The standard InChI is InChI=1S/C21H25FN6O/c1-23-19-15(6-3-2-4-12-25-20(29)18-7-5-13-24-18)14-26-21(28-19)27-17-10-8-16(22)9-11-17/h8-11,14,18,24H,2,4-5,7,12-13H2,1H3,(H,25,29)(H2,23,26,27,28)/t18-/m0/s1. The van der Waals surface area contributed by atoms with Crippen molar-refractivity contribution in [3.63, 3.8) is 0 Å². The van der Waals surface area contributed by atoms with E-state index in [-0.39, 0.29) is 17.8 Å². The number of unbranched alkanes of at least 4 members (excludes halogenated alkanes) is 1. The topological polar surface area (TPSA) is 91.0 Å². The highest BCUT2D eigenvalue weighted by atomic mass is 19.1. The molecular weight excluding hydrogens is 371 g/mol. The lowest BCUT2D eigenvalue weighted by atomic mass is 10.2. The Hall–Kier alpha value is -3.18. The highest BCUT2D eigenvalue weighted by Crippen LogP contribution is 2.17. The first-order valence-electron chi connectivity index (χ1n) is 9.73. The van der Waals surface area contributed by atoms with Gasteiger partial charge < -0.3 is 21.3 Å². The largest absolute Gasteiger partial charge is 0.372 e. The van der Waals surface area contributed by atoms with Gasteiger partial charge in [-0.1, -0.05) is 11.8 Å². The Morgan fingerprint density at radius 1 is 1.34 bits per heavy atom. The molecule has 1 fully saturated rings. The first-order chi connectivity index (χ1) is 14.2. The lowest BCUT2D eigenvalue weighted by Gasteiger charge is -2.10. The van der Waals surface area contributed by atoms with Crippen molar-refractivity contribution < 1.29 is 9.18 Å². The summed E-state index contributed by atoms with van der Waals surface area (Å²) in [6.07, 6.45) is 5.05. The van der Waals surface area contributed by atoms with Gasteiger partial charge in [-0.25, -0.2) is 9.37 Å². The van der Waals surface area contributed by atoms with Gasteiger partial charge in [-0.2, -0.15) is 4.98 Å². The van der Waals surface area contributed by atoms with Crippen LogP contribution in [0.2, 0.25) is 0 Å². The summed E-state index contributed by atoms with van der Waals surface area (Å²) < 4.78 is 13.0. The minimum Gasteiger partial charge on any atom is -0.372 e. The van der Waals surface area contributed by atoms with Crippen LogP contribution in [-0.4, -0.2) is 42.1 Å². The molecular formula is C21H25FN6O. The summed E-state index contributed by atoms with van der Waals surface area (Å²) in [4.78, 5) is 20.6. The van der Waals surface area contributed by atoms with Gasteiger partial charge in [0.25, 0.3) is 0 Å². The van der Waals surface area contributed by atoms with E-state index in [1.165, 1.54) is 12.1 Å². The Balaban J connectivity index is 1.49. The minimum atomic E-state index is -0.298. The zero-order chi connectivity index (χ0) is 20.5. The number of hydrogen-bond acceptors (Lipinski definition) is 6. The molecule has 0 bridgehead atoms. The van der Waals surface area contributed by atoms with E-state index in [9.17, 15) is 9.18 Å². The van der Waals surface area contributed by atoms with Crippen molar-refractivity contribution in [3.8, 4) is 11.8 Å². The van der Waals surface area contributed by atoms with Crippen LogP contribution in [0.5, 0.6) is 0 Å². The van der Waals surface area contributed by atoms with Gasteiger partial charge in [0.1, 0.15) is 11.6 Å². The van der Waals surface area contributed by atoms with Crippen LogP contribution in [-0.2, 0) is 4.79 Å². The molecule has 1 amide bonds. The van der Waals surface area contributed by atoms with E-state index in [0.717, 1.165) is 25.8 Å². The number of aromatic nitrogens is 2. The van der Waals surface area contributed by atoms with E-state index >= 15 is 0 Å². The van der Waals surface area contributed by atoms with E-state index in [1.807, 2.05) is 0 Å².